The number of nitrogens with two attached hydrogens (primary N) is 1. The van der Waals surface area contributed by atoms with E-state index in [9.17, 15) is 4.79 Å². The van der Waals surface area contributed by atoms with Gasteiger partial charge in [0.05, 0.1) is 18.0 Å². The number of halogens is 1. The van der Waals surface area contributed by atoms with Crippen LogP contribution in [0.3, 0.4) is 0 Å². The van der Waals surface area contributed by atoms with E-state index in [1.807, 2.05) is 36.4 Å². The quantitative estimate of drug-likeness (QED) is 0.751. The van der Waals surface area contributed by atoms with Gasteiger partial charge < -0.3 is 15.8 Å². The summed E-state index contributed by atoms with van der Waals surface area (Å²) >= 11 is 0. The van der Waals surface area contributed by atoms with Crippen molar-refractivity contribution in [1.29, 1.82) is 0 Å². The molecule has 3 N–H and O–H groups in total. The molecule has 0 aromatic heterocycles. The molecule has 0 atom stereocenters. The number of carbonyl (C=O) groups is 1. The number of hydrogen-bond acceptors (Lipinski definition) is 3. The van der Waals surface area contributed by atoms with E-state index in [2.05, 4.69) is 12.2 Å². The molecule has 0 radical (unpaired) electrons. The first-order chi connectivity index (χ1) is 10.7. The van der Waals surface area contributed by atoms with Crippen LogP contribution in [0.15, 0.2) is 48.5 Å². The Labute approximate surface area is 143 Å². The molecule has 0 aliphatic rings. The van der Waals surface area contributed by atoms with Crippen molar-refractivity contribution in [3.05, 3.63) is 54.1 Å². The number of nitrogens with one attached hydrogen (secondary N) is 1. The number of benzene rings is 2. The molecule has 23 heavy (non-hydrogen) atoms. The van der Waals surface area contributed by atoms with E-state index in [4.69, 9.17) is 10.5 Å². The van der Waals surface area contributed by atoms with E-state index in [1.165, 1.54) is 0 Å². The second kappa shape index (κ2) is 9.74. The van der Waals surface area contributed by atoms with Gasteiger partial charge in [-0.2, -0.15) is 0 Å². The average Bonchev–Trinajstić information content (AvgIpc) is 2.54. The molecule has 0 heterocycles. The van der Waals surface area contributed by atoms with E-state index < -0.39 is 0 Å². The first-order valence-electron chi connectivity index (χ1n) is 7.55. The van der Waals surface area contributed by atoms with Gasteiger partial charge in [0.25, 0.3) is 0 Å². The van der Waals surface area contributed by atoms with Crippen LogP contribution in [-0.2, 0) is 11.2 Å². The van der Waals surface area contributed by atoms with E-state index in [0.717, 1.165) is 24.3 Å². The Morgan fingerprint density at radius 2 is 1.83 bits per heavy atom. The van der Waals surface area contributed by atoms with Crippen LogP contribution >= 0.6 is 12.4 Å². The van der Waals surface area contributed by atoms with Gasteiger partial charge in [-0.3, -0.25) is 4.79 Å². The maximum Gasteiger partial charge on any atom is 0.224 e. The van der Waals surface area contributed by atoms with Gasteiger partial charge in [-0.05, 0) is 42.7 Å². The van der Waals surface area contributed by atoms with E-state index >= 15 is 0 Å². The maximum atomic E-state index is 12.0. The molecule has 2 rings (SSSR count). The first-order valence-corrected chi connectivity index (χ1v) is 7.55. The van der Waals surface area contributed by atoms with Gasteiger partial charge in [-0.25, -0.2) is 0 Å². The van der Waals surface area contributed by atoms with Crippen molar-refractivity contribution in [3.8, 4) is 5.75 Å². The lowest BCUT2D eigenvalue weighted by Crippen LogP contribution is -2.13. The molecule has 124 valence electrons. The molecule has 5 heteroatoms. The number of para-hydroxylation sites is 2. The largest absolute Gasteiger partial charge is 0.494 e. The lowest BCUT2D eigenvalue weighted by molar-refractivity contribution is -0.116. The number of aryl methyl sites for hydroxylation is 1. The van der Waals surface area contributed by atoms with Crippen LogP contribution in [0.2, 0.25) is 0 Å². The summed E-state index contributed by atoms with van der Waals surface area (Å²) in [5.74, 6) is 0.830. The minimum Gasteiger partial charge on any atom is -0.494 e. The topological polar surface area (TPSA) is 64.3 Å². The fourth-order valence-electron chi connectivity index (χ4n) is 2.05. The SMILES string of the molecule is CCCOc1ccc(CCC(=O)Nc2ccccc2N)cc1.Cl. The molecular formula is C18H23ClN2O2. The van der Waals surface area contributed by atoms with E-state index in [1.54, 1.807) is 12.1 Å². The molecule has 4 nitrogen and oxygen atoms in total. The molecule has 0 bridgehead atoms. The third-order valence-electron chi connectivity index (χ3n) is 3.27. The number of rotatable bonds is 7. The van der Waals surface area contributed by atoms with Gasteiger partial charge in [-0.15, -0.1) is 12.4 Å². The zero-order chi connectivity index (χ0) is 15.8. The predicted molar refractivity (Wildman–Crippen MR) is 97.3 cm³/mol. The van der Waals surface area contributed by atoms with Gasteiger partial charge in [0.2, 0.25) is 5.91 Å². The molecule has 0 aliphatic heterocycles. The Kier molecular flexibility index (Phi) is 7.98. The third kappa shape index (κ3) is 6.20. The summed E-state index contributed by atoms with van der Waals surface area (Å²) in [6, 6.07) is 15.1. The zero-order valence-electron chi connectivity index (χ0n) is 13.2. The minimum absolute atomic E-state index is 0. The molecular weight excluding hydrogens is 312 g/mol. The van der Waals surface area contributed by atoms with Crippen molar-refractivity contribution in [2.75, 3.05) is 17.7 Å². The molecule has 0 saturated carbocycles. The summed E-state index contributed by atoms with van der Waals surface area (Å²) in [7, 11) is 0. The monoisotopic (exact) mass is 334 g/mol. The second-order valence-corrected chi connectivity index (χ2v) is 5.13. The Balaban J connectivity index is 0.00000264. The van der Waals surface area contributed by atoms with Gasteiger partial charge in [0.1, 0.15) is 5.75 Å². The number of ether oxygens (including phenoxy) is 1. The Morgan fingerprint density at radius 1 is 1.13 bits per heavy atom. The van der Waals surface area contributed by atoms with Crippen LogP contribution in [-0.4, -0.2) is 12.5 Å². The van der Waals surface area contributed by atoms with Gasteiger partial charge in [0.15, 0.2) is 0 Å². The van der Waals surface area contributed by atoms with Crippen LogP contribution in [0.5, 0.6) is 5.75 Å². The smallest absolute Gasteiger partial charge is 0.224 e. The zero-order valence-corrected chi connectivity index (χ0v) is 14.1. The van der Waals surface area contributed by atoms with Crippen molar-refractivity contribution >= 4 is 29.7 Å². The lowest BCUT2D eigenvalue weighted by Gasteiger charge is -2.08. The molecule has 0 saturated heterocycles. The molecule has 2 aromatic carbocycles. The third-order valence-corrected chi connectivity index (χ3v) is 3.27. The minimum atomic E-state index is -0.0378. The number of nitrogen functional groups attached to an aromatic ring is 1. The first kappa shape index (κ1) is 18.8. The molecule has 1 amide bonds. The number of carbonyl (C=O) groups excluding carboxylic acids is 1. The molecule has 2 aromatic rings. The summed E-state index contributed by atoms with van der Waals surface area (Å²) in [5.41, 5.74) is 8.16. The maximum absolute atomic E-state index is 12.0. The summed E-state index contributed by atoms with van der Waals surface area (Å²) in [6.45, 7) is 2.80. The van der Waals surface area contributed by atoms with Crippen LogP contribution in [0.25, 0.3) is 0 Å². The standard InChI is InChI=1S/C18H22N2O2.ClH/c1-2-13-22-15-10-7-14(8-11-15)9-12-18(21)20-17-6-4-3-5-16(17)19;/h3-8,10-11H,2,9,12-13,19H2,1H3,(H,20,21);1H. The molecule has 0 fully saturated rings. The molecule has 0 unspecified atom stereocenters. The van der Waals surface area contributed by atoms with Crippen molar-refractivity contribution in [2.45, 2.75) is 26.2 Å². The summed E-state index contributed by atoms with van der Waals surface area (Å²) in [5, 5.41) is 2.83. The second-order valence-electron chi connectivity index (χ2n) is 5.13. The van der Waals surface area contributed by atoms with E-state index in [0.29, 0.717) is 24.2 Å². The normalized spacial score (nSPS) is 9.78. The highest BCUT2D eigenvalue weighted by Crippen LogP contribution is 2.18. The number of hydrogen-bond donors (Lipinski definition) is 2. The van der Waals surface area contributed by atoms with Crippen molar-refractivity contribution in [2.24, 2.45) is 0 Å². The highest BCUT2D eigenvalue weighted by atomic mass is 35.5. The Morgan fingerprint density at radius 3 is 2.48 bits per heavy atom. The summed E-state index contributed by atoms with van der Waals surface area (Å²) < 4.78 is 5.53. The fourth-order valence-corrected chi connectivity index (χ4v) is 2.05. The van der Waals surface area contributed by atoms with Crippen molar-refractivity contribution in [3.63, 3.8) is 0 Å². The highest BCUT2D eigenvalue weighted by molar-refractivity contribution is 5.93. The summed E-state index contributed by atoms with van der Waals surface area (Å²) in [6.07, 6.45) is 2.10. The fraction of sp³-hybridized carbons (Fsp3) is 0.278. The van der Waals surface area contributed by atoms with Crippen LogP contribution in [0.1, 0.15) is 25.3 Å². The molecule has 0 spiro atoms. The van der Waals surface area contributed by atoms with Crippen LogP contribution in [0, 0.1) is 0 Å². The van der Waals surface area contributed by atoms with Crippen LogP contribution in [0.4, 0.5) is 11.4 Å². The predicted octanol–water partition coefficient (Wildman–Crippen LogP) is 4.05. The van der Waals surface area contributed by atoms with Crippen LogP contribution < -0.4 is 15.8 Å². The van der Waals surface area contributed by atoms with Gasteiger partial charge >= 0.3 is 0 Å². The van der Waals surface area contributed by atoms with Crippen molar-refractivity contribution < 1.29 is 9.53 Å². The average molecular weight is 335 g/mol. The Hall–Kier alpha value is -2.20. The Bertz CT molecular complexity index is 615. The van der Waals surface area contributed by atoms with E-state index in [-0.39, 0.29) is 18.3 Å². The highest BCUT2D eigenvalue weighted by Gasteiger charge is 2.05. The van der Waals surface area contributed by atoms with Gasteiger partial charge in [0, 0.05) is 6.42 Å². The van der Waals surface area contributed by atoms with Crippen molar-refractivity contribution in [1.82, 2.24) is 0 Å². The number of amides is 1. The van der Waals surface area contributed by atoms with Gasteiger partial charge in [-0.1, -0.05) is 31.2 Å². The number of anilines is 2. The summed E-state index contributed by atoms with van der Waals surface area (Å²) in [4.78, 5) is 12.0. The molecule has 0 aliphatic carbocycles. The lowest BCUT2D eigenvalue weighted by atomic mass is 10.1.